The standard InChI is InChI=1S/C25H26F3N5O2/c1-33-7-5-15(6-8-33)17-9-19(25(26,27)28)12-20(10-17)32-23(34)16-3-4-22(35-2)21(11-16)18-13-30-24(29)31-14-18/h3-4,9-15H,5-8H2,1-2H3,(H,32,34)(H2,29,30,31). The van der Waals surface area contributed by atoms with Gasteiger partial charge in [0.2, 0.25) is 5.95 Å². The Hall–Kier alpha value is -3.66. The van der Waals surface area contributed by atoms with E-state index in [4.69, 9.17) is 10.5 Å². The number of anilines is 2. The third-order valence-electron chi connectivity index (χ3n) is 6.17. The molecule has 0 aliphatic carbocycles. The molecule has 2 heterocycles. The zero-order chi connectivity index (χ0) is 25.2. The van der Waals surface area contributed by atoms with E-state index in [1.807, 2.05) is 7.05 Å². The summed E-state index contributed by atoms with van der Waals surface area (Å²) in [5, 5.41) is 2.64. The maximum absolute atomic E-state index is 13.6. The van der Waals surface area contributed by atoms with Crippen LogP contribution in [0.1, 0.15) is 40.2 Å². The minimum atomic E-state index is -4.52. The Bertz CT molecular complexity index is 1210. The number of piperidine rings is 1. The number of methoxy groups -OCH3 is 1. The number of aromatic nitrogens is 2. The molecule has 7 nitrogen and oxygen atoms in total. The number of halogens is 3. The molecule has 184 valence electrons. The van der Waals surface area contributed by atoms with Crippen molar-refractivity contribution in [3.8, 4) is 16.9 Å². The molecule has 1 fully saturated rings. The SMILES string of the molecule is COc1ccc(C(=O)Nc2cc(C3CCN(C)CC3)cc(C(F)(F)F)c2)cc1-c1cnc(N)nc1. The summed E-state index contributed by atoms with van der Waals surface area (Å²) >= 11 is 0. The summed E-state index contributed by atoms with van der Waals surface area (Å²) in [4.78, 5) is 23.1. The van der Waals surface area contributed by atoms with Gasteiger partial charge in [0.1, 0.15) is 5.75 Å². The van der Waals surface area contributed by atoms with E-state index < -0.39 is 17.6 Å². The van der Waals surface area contributed by atoms with E-state index >= 15 is 0 Å². The van der Waals surface area contributed by atoms with E-state index in [2.05, 4.69) is 20.2 Å². The molecule has 3 N–H and O–H groups in total. The van der Waals surface area contributed by atoms with Crippen molar-refractivity contribution in [2.75, 3.05) is 38.3 Å². The summed E-state index contributed by atoms with van der Waals surface area (Å²) in [7, 11) is 3.48. The van der Waals surface area contributed by atoms with Gasteiger partial charge < -0.3 is 20.7 Å². The third kappa shape index (κ3) is 5.71. The lowest BCUT2D eigenvalue weighted by molar-refractivity contribution is -0.137. The average molecular weight is 486 g/mol. The molecule has 1 saturated heterocycles. The van der Waals surface area contributed by atoms with Gasteiger partial charge in [-0.05, 0) is 80.9 Å². The second kappa shape index (κ2) is 9.91. The molecule has 0 saturated carbocycles. The molecule has 10 heteroatoms. The summed E-state index contributed by atoms with van der Waals surface area (Å²) in [6.45, 7) is 1.62. The Balaban J connectivity index is 1.64. The number of likely N-dealkylation sites (tertiary alicyclic amines) is 1. The van der Waals surface area contributed by atoms with Crippen molar-refractivity contribution in [3.05, 3.63) is 65.5 Å². The summed E-state index contributed by atoms with van der Waals surface area (Å²) in [6, 6.07) is 8.53. The summed E-state index contributed by atoms with van der Waals surface area (Å²) < 4.78 is 46.3. The van der Waals surface area contributed by atoms with Gasteiger partial charge in [0.05, 0.1) is 12.7 Å². The largest absolute Gasteiger partial charge is 0.496 e. The lowest BCUT2D eigenvalue weighted by atomic mass is 9.88. The first-order valence-electron chi connectivity index (χ1n) is 11.1. The maximum atomic E-state index is 13.6. The van der Waals surface area contributed by atoms with Crippen molar-refractivity contribution in [2.45, 2.75) is 24.9 Å². The molecule has 0 radical (unpaired) electrons. The molecule has 0 atom stereocenters. The van der Waals surface area contributed by atoms with E-state index in [0.29, 0.717) is 22.4 Å². The van der Waals surface area contributed by atoms with Crippen molar-refractivity contribution < 1.29 is 22.7 Å². The fourth-order valence-corrected chi connectivity index (χ4v) is 4.22. The number of amides is 1. The van der Waals surface area contributed by atoms with Crippen molar-refractivity contribution >= 4 is 17.5 Å². The number of alkyl halides is 3. The van der Waals surface area contributed by atoms with Crippen LogP contribution in [-0.4, -0.2) is 48.0 Å². The number of nitrogens with zero attached hydrogens (tertiary/aromatic N) is 3. The maximum Gasteiger partial charge on any atom is 0.416 e. The fourth-order valence-electron chi connectivity index (χ4n) is 4.22. The molecule has 0 unspecified atom stereocenters. The van der Waals surface area contributed by atoms with E-state index in [1.165, 1.54) is 25.6 Å². The van der Waals surface area contributed by atoms with Crippen molar-refractivity contribution in [1.82, 2.24) is 14.9 Å². The zero-order valence-electron chi connectivity index (χ0n) is 19.4. The summed E-state index contributed by atoms with van der Waals surface area (Å²) in [5.74, 6) is 0.0475. The van der Waals surface area contributed by atoms with Gasteiger partial charge >= 0.3 is 6.18 Å². The smallest absolute Gasteiger partial charge is 0.416 e. The zero-order valence-corrected chi connectivity index (χ0v) is 19.4. The average Bonchev–Trinajstić information content (AvgIpc) is 2.84. The highest BCUT2D eigenvalue weighted by atomic mass is 19.4. The van der Waals surface area contributed by atoms with Gasteiger partial charge in [0.25, 0.3) is 5.91 Å². The first-order chi connectivity index (χ1) is 16.6. The van der Waals surface area contributed by atoms with Crippen LogP contribution in [0.25, 0.3) is 11.1 Å². The molecule has 1 aliphatic heterocycles. The number of nitrogen functional groups attached to an aromatic ring is 1. The van der Waals surface area contributed by atoms with Crippen LogP contribution in [0.5, 0.6) is 5.75 Å². The molecule has 1 amide bonds. The molecule has 0 bridgehead atoms. The van der Waals surface area contributed by atoms with Crippen LogP contribution in [0.3, 0.4) is 0 Å². The number of rotatable bonds is 5. The predicted octanol–water partition coefficient (Wildman–Crippen LogP) is 4.81. The van der Waals surface area contributed by atoms with Crippen LogP contribution >= 0.6 is 0 Å². The minimum Gasteiger partial charge on any atom is -0.496 e. The van der Waals surface area contributed by atoms with Crippen molar-refractivity contribution in [3.63, 3.8) is 0 Å². The van der Waals surface area contributed by atoms with E-state index in [0.717, 1.165) is 32.0 Å². The molecule has 4 rings (SSSR count). The lowest BCUT2D eigenvalue weighted by Crippen LogP contribution is -2.29. The first-order valence-corrected chi connectivity index (χ1v) is 11.1. The second-order valence-corrected chi connectivity index (χ2v) is 8.62. The van der Waals surface area contributed by atoms with Crippen LogP contribution in [0.2, 0.25) is 0 Å². The Morgan fingerprint density at radius 3 is 2.43 bits per heavy atom. The first kappa shape index (κ1) is 24.5. The van der Waals surface area contributed by atoms with Gasteiger partial charge in [-0.1, -0.05) is 0 Å². The molecule has 3 aromatic rings. The third-order valence-corrected chi connectivity index (χ3v) is 6.17. The van der Waals surface area contributed by atoms with Gasteiger partial charge in [-0.25, -0.2) is 9.97 Å². The van der Waals surface area contributed by atoms with Crippen LogP contribution in [0.15, 0.2) is 48.8 Å². The Kier molecular flexibility index (Phi) is 6.93. The topological polar surface area (TPSA) is 93.4 Å². The molecular formula is C25H26F3N5O2. The molecular weight excluding hydrogens is 459 g/mol. The summed E-state index contributed by atoms with van der Waals surface area (Å²) in [6.07, 6.45) is 0.00187. The van der Waals surface area contributed by atoms with Gasteiger partial charge in [-0.2, -0.15) is 13.2 Å². The van der Waals surface area contributed by atoms with Gasteiger partial charge in [-0.3, -0.25) is 4.79 Å². The van der Waals surface area contributed by atoms with Crippen LogP contribution < -0.4 is 15.8 Å². The van der Waals surface area contributed by atoms with E-state index in [9.17, 15) is 18.0 Å². The number of hydrogen-bond acceptors (Lipinski definition) is 6. The molecule has 1 aliphatic rings. The van der Waals surface area contributed by atoms with Gasteiger partial charge in [-0.15, -0.1) is 0 Å². The van der Waals surface area contributed by atoms with Crippen molar-refractivity contribution in [1.29, 1.82) is 0 Å². The fraction of sp³-hybridized carbons (Fsp3) is 0.320. The Labute approximate surface area is 201 Å². The Morgan fingerprint density at radius 2 is 1.80 bits per heavy atom. The monoisotopic (exact) mass is 485 g/mol. The number of benzene rings is 2. The molecule has 0 spiro atoms. The van der Waals surface area contributed by atoms with Gasteiger partial charge in [0, 0.05) is 34.8 Å². The molecule has 2 aromatic carbocycles. The van der Waals surface area contributed by atoms with Gasteiger partial charge in [0.15, 0.2) is 0 Å². The van der Waals surface area contributed by atoms with Crippen LogP contribution in [-0.2, 0) is 6.18 Å². The lowest BCUT2D eigenvalue weighted by Gasteiger charge is -2.29. The van der Waals surface area contributed by atoms with Crippen LogP contribution in [0.4, 0.5) is 24.8 Å². The minimum absolute atomic E-state index is 0.00209. The Morgan fingerprint density at radius 1 is 1.11 bits per heavy atom. The van der Waals surface area contributed by atoms with E-state index in [-0.39, 0.29) is 23.1 Å². The number of nitrogens with two attached hydrogens (primary N) is 1. The highest BCUT2D eigenvalue weighted by Gasteiger charge is 2.32. The summed E-state index contributed by atoms with van der Waals surface area (Å²) in [5.41, 5.74) is 6.84. The number of carbonyl (C=O) groups excluding carboxylic acids is 1. The number of carbonyl (C=O) groups is 1. The highest BCUT2D eigenvalue weighted by molar-refractivity contribution is 6.05. The number of nitrogens with one attached hydrogen (secondary N) is 1. The quantitative estimate of drug-likeness (QED) is 0.539. The second-order valence-electron chi connectivity index (χ2n) is 8.62. The predicted molar refractivity (Wildman–Crippen MR) is 127 cm³/mol. The van der Waals surface area contributed by atoms with Crippen LogP contribution in [0, 0.1) is 0 Å². The number of hydrogen-bond donors (Lipinski definition) is 2. The normalized spacial score (nSPS) is 15.1. The molecule has 1 aromatic heterocycles. The highest BCUT2D eigenvalue weighted by Crippen LogP contribution is 2.37. The van der Waals surface area contributed by atoms with Crippen molar-refractivity contribution in [2.24, 2.45) is 0 Å². The van der Waals surface area contributed by atoms with E-state index in [1.54, 1.807) is 24.3 Å². The molecule has 35 heavy (non-hydrogen) atoms. The number of ether oxygens (including phenoxy) is 1.